The van der Waals surface area contributed by atoms with E-state index in [1.807, 2.05) is 6.92 Å². The van der Waals surface area contributed by atoms with E-state index in [2.05, 4.69) is 26.1 Å². The van der Waals surface area contributed by atoms with Gasteiger partial charge in [0.25, 0.3) is 5.22 Å². The Morgan fingerprint density at radius 2 is 2.21 bits per heavy atom. The lowest BCUT2D eigenvalue weighted by Crippen LogP contribution is -1.99. The summed E-state index contributed by atoms with van der Waals surface area (Å²) in [6, 6.07) is 3.44. The second-order valence-electron chi connectivity index (χ2n) is 4.47. The van der Waals surface area contributed by atoms with Crippen molar-refractivity contribution < 1.29 is 23.8 Å². The number of benzene rings is 1. The van der Waals surface area contributed by atoms with E-state index in [-0.39, 0.29) is 10.1 Å². The molecule has 0 spiro atoms. The van der Waals surface area contributed by atoms with Gasteiger partial charge in [-0.2, -0.15) is 0 Å². The van der Waals surface area contributed by atoms with Crippen molar-refractivity contribution in [2.24, 2.45) is 0 Å². The highest BCUT2D eigenvalue weighted by molar-refractivity contribution is 9.10. The van der Waals surface area contributed by atoms with Gasteiger partial charge in [0.2, 0.25) is 5.89 Å². The summed E-state index contributed by atoms with van der Waals surface area (Å²) < 4.78 is 16.7. The molecule has 0 saturated heterocycles. The largest absolute Gasteiger partial charge is 0.492 e. The van der Waals surface area contributed by atoms with Crippen LogP contribution >= 0.6 is 27.7 Å². The van der Waals surface area contributed by atoms with Crippen LogP contribution in [0.25, 0.3) is 6.08 Å². The lowest BCUT2D eigenvalue weighted by molar-refractivity contribution is -0.131. The molecule has 1 aromatic heterocycles. The molecule has 0 bridgehead atoms. The van der Waals surface area contributed by atoms with Gasteiger partial charge < -0.3 is 19.0 Å². The Morgan fingerprint density at radius 1 is 1.46 bits per heavy atom. The van der Waals surface area contributed by atoms with E-state index in [9.17, 15) is 9.90 Å². The Hall–Kier alpha value is -2.00. The molecule has 24 heavy (non-hydrogen) atoms. The fourth-order valence-corrected chi connectivity index (χ4v) is 3.17. The molecular formula is C15H15BrN2O5S. The lowest BCUT2D eigenvalue weighted by atomic mass is 10.2. The van der Waals surface area contributed by atoms with Crippen LogP contribution in [0.4, 0.5) is 0 Å². The van der Waals surface area contributed by atoms with Gasteiger partial charge in [0.05, 0.1) is 18.2 Å². The zero-order valence-corrected chi connectivity index (χ0v) is 15.6. The SMILES string of the molecule is CCOc1cc(/C=C(\Sc2nnc(C)o2)C(=O)O)cc(Br)c1OC. The molecule has 1 N–H and O–H groups in total. The van der Waals surface area contributed by atoms with E-state index >= 15 is 0 Å². The number of hydrogen-bond donors (Lipinski definition) is 1. The van der Waals surface area contributed by atoms with Gasteiger partial charge in [0.15, 0.2) is 11.5 Å². The quantitative estimate of drug-likeness (QED) is 0.540. The van der Waals surface area contributed by atoms with Gasteiger partial charge in [-0.05, 0) is 58.4 Å². The highest BCUT2D eigenvalue weighted by Crippen LogP contribution is 2.38. The summed E-state index contributed by atoms with van der Waals surface area (Å²) in [4.78, 5) is 11.5. The van der Waals surface area contributed by atoms with E-state index in [0.717, 1.165) is 11.8 Å². The highest BCUT2D eigenvalue weighted by atomic mass is 79.9. The average Bonchev–Trinajstić information content (AvgIpc) is 2.92. The summed E-state index contributed by atoms with van der Waals surface area (Å²) in [5, 5.41) is 17.0. The summed E-state index contributed by atoms with van der Waals surface area (Å²) in [7, 11) is 1.54. The third-order valence-corrected chi connectivity index (χ3v) is 4.19. The number of rotatable bonds is 7. The molecule has 128 valence electrons. The fraction of sp³-hybridized carbons (Fsp3) is 0.267. The van der Waals surface area contributed by atoms with Crippen LogP contribution in [0.2, 0.25) is 0 Å². The molecule has 2 rings (SSSR count). The van der Waals surface area contributed by atoms with Gasteiger partial charge in [-0.15, -0.1) is 10.2 Å². The molecular weight excluding hydrogens is 400 g/mol. The Labute approximate surface area is 151 Å². The smallest absolute Gasteiger partial charge is 0.342 e. The molecule has 1 aromatic carbocycles. The average molecular weight is 415 g/mol. The van der Waals surface area contributed by atoms with Crippen LogP contribution in [0.15, 0.2) is 31.2 Å². The number of methoxy groups -OCH3 is 1. The third-order valence-electron chi connectivity index (χ3n) is 2.75. The molecule has 0 aliphatic rings. The molecule has 0 amide bonds. The number of aliphatic carboxylic acids is 1. The summed E-state index contributed by atoms with van der Waals surface area (Å²) in [5.74, 6) is 0.337. The number of halogens is 1. The molecule has 0 unspecified atom stereocenters. The van der Waals surface area contributed by atoms with Gasteiger partial charge in [0, 0.05) is 6.92 Å². The van der Waals surface area contributed by atoms with Crippen molar-refractivity contribution >= 4 is 39.7 Å². The van der Waals surface area contributed by atoms with Crippen molar-refractivity contribution in [1.82, 2.24) is 10.2 Å². The number of thioether (sulfide) groups is 1. The number of carboxylic acids is 1. The second kappa shape index (κ2) is 8.20. The maximum Gasteiger partial charge on any atom is 0.342 e. The first kappa shape index (κ1) is 18.3. The molecule has 0 saturated carbocycles. The Balaban J connectivity index is 2.39. The monoisotopic (exact) mass is 414 g/mol. The van der Waals surface area contributed by atoms with E-state index in [4.69, 9.17) is 13.9 Å². The predicted molar refractivity (Wildman–Crippen MR) is 92.4 cm³/mol. The van der Waals surface area contributed by atoms with Crippen molar-refractivity contribution in [3.05, 3.63) is 33.0 Å². The van der Waals surface area contributed by atoms with Gasteiger partial charge in [-0.1, -0.05) is 0 Å². The van der Waals surface area contributed by atoms with Gasteiger partial charge in [-0.25, -0.2) is 4.79 Å². The van der Waals surface area contributed by atoms with Crippen molar-refractivity contribution in [2.75, 3.05) is 13.7 Å². The van der Waals surface area contributed by atoms with Gasteiger partial charge in [0.1, 0.15) is 4.91 Å². The van der Waals surface area contributed by atoms with Crippen LogP contribution in [-0.4, -0.2) is 35.0 Å². The lowest BCUT2D eigenvalue weighted by Gasteiger charge is -2.12. The highest BCUT2D eigenvalue weighted by Gasteiger charge is 2.16. The van der Waals surface area contributed by atoms with Crippen LogP contribution in [0, 0.1) is 6.92 Å². The minimum atomic E-state index is -1.10. The molecule has 0 aliphatic carbocycles. The second-order valence-corrected chi connectivity index (χ2v) is 6.32. The van der Waals surface area contributed by atoms with E-state index in [0.29, 0.717) is 34.0 Å². The fourth-order valence-electron chi connectivity index (χ4n) is 1.83. The summed E-state index contributed by atoms with van der Waals surface area (Å²) in [5.41, 5.74) is 0.632. The molecule has 7 nitrogen and oxygen atoms in total. The van der Waals surface area contributed by atoms with E-state index in [1.165, 1.54) is 13.2 Å². The van der Waals surface area contributed by atoms with Crippen LogP contribution in [0.1, 0.15) is 18.4 Å². The maximum absolute atomic E-state index is 11.5. The predicted octanol–water partition coefficient (Wildman–Crippen LogP) is 3.77. The van der Waals surface area contributed by atoms with Crippen molar-refractivity contribution in [2.45, 2.75) is 19.1 Å². The Kier molecular flexibility index (Phi) is 6.27. The van der Waals surface area contributed by atoms with E-state index in [1.54, 1.807) is 19.1 Å². The standard InChI is InChI=1S/C15H15BrN2O5S/c1-4-22-11-6-9(5-10(16)13(11)21-3)7-12(14(19)20)24-15-18-17-8(2)23-15/h5-7H,4H2,1-3H3,(H,19,20)/b12-7-. The number of hydrogen-bond acceptors (Lipinski definition) is 7. The summed E-state index contributed by atoms with van der Waals surface area (Å²) in [6.07, 6.45) is 1.50. The minimum absolute atomic E-state index is 0.0400. The van der Waals surface area contributed by atoms with Crippen molar-refractivity contribution in [1.29, 1.82) is 0 Å². The maximum atomic E-state index is 11.5. The normalized spacial score (nSPS) is 11.4. The van der Waals surface area contributed by atoms with Gasteiger partial charge in [-0.3, -0.25) is 0 Å². The van der Waals surface area contributed by atoms with Crippen molar-refractivity contribution in [3.8, 4) is 11.5 Å². The minimum Gasteiger partial charge on any atom is -0.492 e. The third kappa shape index (κ3) is 4.51. The number of carbonyl (C=O) groups is 1. The molecule has 2 aromatic rings. The van der Waals surface area contributed by atoms with E-state index < -0.39 is 5.97 Å². The number of aryl methyl sites for hydroxylation is 1. The first-order valence-electron chi connectivity index (χ1n) is 6.87. The summed E-state index contributed by atoms with van der Waals surface area (Å²) in [6.45, 7) is 3.94. The summed E-state index contributed by atoms with van der Waals surface area (Å²) >= 11 is 4.28. The van der Waals surface area contributed by atoms with Crippen molar-refractivity contribution in [3.63, 3.8) is 0 Å². The Morgan fingerprint density at radius 3 is 2.75 bits per heavy atom. The van der Waals surface area contributed by atoms with Gasteiger partial charge >= 0.3 is 5.97 Å². The first-order valence-corrected chi connectivity index (χ1v) is 8.48. The molecule has 1 heterocycles. The topological polar surface area (TPSA) is 94.7 Å². The number of ether oxygens (including phenoxy) is 2. The van der Waals surface area contributed by atoms with Crippen LogP contribution in [0.3, 0.4) is 0 Å². The number of carboxylic acid groups (broad SMARTS) is 1. The zero-order valence-electron chi connectivity index (χ0n) is 13.2. The zero-order chi connectivity index (χ0) is 17.7. The van der Waals surface area contributed by atoms with Crippen LogP contribution < -0.4 is 9.47 Å². The molecule has 9 heteroatoms. The molecule has 0 radical (unpaired) electrons. The Bertz CT molecular complexity index is 775. The van der Waals surface area contributed by atoms with Crippen LogP contribution in [0.5, 0.6) is 11.5 Å². The molecule has 0 atom stereocenters. The number of aromatic nitrogens is 2. The first-order chi connectivity index (χ1) is 11.4. The molecule has 0 aliphatic heterocycles. The molecule has 0 fully saturated rings. The van der Waals surface area contributed by atoms with Crippen LogP contribution in [-0.2, 0) is 4.79 Å². The number of nitrogens with zero attached hydrogens (tertiary/aromatic N) is 2.